The summed E-state index contributed by atoms with van der Waals surface area (Å²) >= 11 is 0. The summed E-state index contributed by atoms with van der Waals surface area (Å²) < 4.78 is 15.5. The van der Waals surface area contributed by atoms with Crippen LogP contribution in [0.1, 0.15) is 13.8 Å². The molecule has 0 spiro atoms. The third kappa shape index (κ3) is 2.50. The van der Waals surface area contributed by atoms with E-state index in [-0.39, 0.29) is 11.3 Å². The number of hydrogen-bond donors (Lipinski definition) is 2. The number of hydrogen-bond acceptors (Lipinski definition) is 5. The van der Waals surface area contributed by atoms with Crippen molar-refractivity contribution >= 4 is 22.8 Å². The van der Waals surface area contributed by atoms with E-state index < -0.39 is 11.9 Å². The highest BCUT2D eigenvalue weighted by molar-refractivity contribution is 5.92. The van der Waals surface area contributed by atoms with E-state index in [1.54, 1.807) is 24.4 Å². The molecule has 2 N–H and O–H groups in total. The van der Waals surface area contributed by atoms with Gasteiger partial charge in [0.2, 0.25) is 5.91 Å². The van der Waals surface area contributed by atoms with Gasteiger partial charge in [0.05, 0.1) is 11.6 Å². The number of carbonyl (C=O) groups excluding carboxylic acids is 1. The first-order valence-corrected chi connectivity index (χ1v) is 7.95. The lowest BCUT2D eigenvalue weighted by Gasteiger charge is -2.25. The third-order valence-electron chi connectivity index (χ3n) is 4.49. The van der Waals surface area contributed by atoms with Gasteiger partial charge in [-0.3, -0.25) is 4.79 Å². The first-order valence-electron chi connectivity index (χ1n) is 7.95. The minimum Gasteiger partial charge on any atom is -0.357 e. The lowest BCUT2D eigenvalue weighted by molar-refractivity contribution is -0.120. The first kappa shape index (κ1) is 15.5. The van der Waals surface area contributed by atoms with Gasteiger partial charge < -0.3 is 10.6 Å². The zero-order valence-corrected chi connectivity index (χ0v) is 13.8. The van der Waals surface area contributed by atoms with Crippen LogP contribution in [0.25, 0.3) is 16.7 Å². The molecule has 1 fully saturated rings. The lowest BCUT2D eigenvalue weighted by atomic mass is 9.87. The molecule has 1 aliphatic heterocycles. The van der Waals surface area contributed by atoms with E-state index in [4.69, 9.17) is 0 Å². The molecule has 2 aromatic heterocycles. The highest BCUT2D eigenvalue weighted by atomic mass is 19.1. The zero-order chi connectivity index (χ0) is 17.6. The highest BCUT2D eigenvalue weighted by Gasteiger charge is 2.41. The molecule has 1 atom stereocenters. The van der Waals surface area contributed by atoms with Crippen molar-refractivity contribution in [2.24, 2.45) is 5.41 Å². The van der Waals surface area contributed by atoms with Crippen LogP contribution in [-0.2, 0) is 4.79 Å². The molecule has 4 rings (SSSR count). The Bertz CT molecular complexity index is 967. The average Bonchev–Trinajstić information content (AvgIpc) is 3.12. The number of benzene rings is 1. The fraction of sp³-hybridized carbons (Fsp3) is 0.294. The van der Waals surface area contributed by atoms with Gasteiger partial charge >= 0.3 is 0 Å². The molecule has 1 amide bonds. The molecule has 3 heterocycles. The predicted octanol–water partition coefficient (Wildman–Crippen LogP) is 1.89. The number of rotatable bonds is 3. The minimum absolute atomic E-state index is 0.0711. The van der Waals surface area contributed by atoms with E-state index in [9.17, 15) is 9.18 Å². The van der Waals surface area contributed by atoms with E-state index in [1.807, 2.05) is 13.8 Å². The maximum atomic E-state index is 14.1. The van der Waals surface area contributed by atoms with E-state index >= 15 is 0 Å². The van der Waals surface area contributed by atoms with E-state index in [1.165, 1.54) is 17.1 Å². The van der Waals surface area contributed by atoms with Crippen molar-refractivity contribution in [3.63, 3.8) is 0 Å². The topological polar surface area (TPSA) is 84.7 Å². The molecule has 3 aromatic rings. The monoisotopic (exact) mass is 340 g/mol. The predicted molar refractivity (Wildman–Crippen MR) is 90.8 cm³/mol. The summed E-state index contributed by atoms with van der Waals surface area (Å²) in [6, 6.07) is 5.94. The van der Waals surface area contributed by atoms with E-state index in [2.05, 4.69) is 25.7 Å². The van der Waals surface area contributed by atoms with Gasteiger partial charge in [0, 0.05) is 12.0 Å². The molecule has 1 aromatic carbocycles. The van der Waals surface area contributed by atoms with Gasteiger partial charge in [-0.15, -0.1) is 0 Å². The number of aromatic nitrogens is 4. The van der Waals surface area contributed by atoms with E-state index in [0.717, 1.165) is 0 Å². The Labute approximate surface area is 143 Å². The molecular weight excluding hydrogens is 323 g/mol. The van der Waals surface area contributed by atoms with Crippen LogP contribution in [0.2, 0.25) is 0 Å². The standard InChI is InChI=1S/C17H17FN6O/c1-17(2)8-19-16(25)13(17)23-14-10-7-22-24(15(10)21-9-20-14)12-6-4-3-5-11(12)18/h3-7,9,13H,8H2,1-2H3,(H,19,25)(H,20,21,23). The van der Waals surface area contributed by atoms with Crippen LogP contribution in [0, 0.1) is 11.2 Å². The summed E-state index contributed by atoms with van der Waals surface area (Å²) in [5.41, 5.74) is 0.524. The van der Waals surface area contributed by atoms with Crippen LogP contribution in [0.5, 0.6) is 0 Å². The molecule has 8 heteroatoms. The fourth-order valence-corrected chi connectivity index (χ4v) is 3.03. The second kappa shape index (κ2) is 5.51. The van der Waals surface area contributed by atoms with Gasteiger partial charge in [0.15, 0.2) is 5.65 Å². The number of anilines is 1. The van der Waals surface area contributed by atoms with Gasteiger partial charge in [-0.25, -0.2) is 19.0 Å². The normalized spacial score (nSPS) is 19.2. The van der Waals surface area contributed by atoms with Crippen LogP contribution in [0.15, 0.2) is 36.8 Å². The van der Waals surface area contributed by atoms with Crippen molar-refractivity contribution < 1.29 is 9.18 Å². The Morgan fingerprint density at radius 3 is 2.84 bits per heavy atom. The molecule has 0 aliphatic carbocycles. The second-order valence-electron chi connectivity index (χ2n) is 6.75. The third-order valence-corrected chi connectivity index (χ3v) is 4.49. The van der Waals surface area contributed by atoms with Gasteiger partial charge in [-0.2, -0.15) is 5.10 Å². The Hall–Kier alpha value is -3.03. The van der Waals surface area contributed by atoms with Crippen molar-refractivity contribution in [1.29, 1.82) is 0 Å². The summed E-state index contributed by atoms with van der Waals surface area (Å²) in [6.07, 6.45) is 2.95. The summed E-state index contributed by atoms with van der Waals surface area (Å²) in [5, 5.41) is 10.9. The molecular formula is C17H17FN6O. The minimum atomic E-state index is -0.414. The van der Waals surface area contributed by atoms with Gasteiger partial charge in [0.25, 0.3) is 0 Å². The van der Waals surface area contributed by atoms with Crippen LogP contribution in [-0.4, -0.2) is 38.2 Å². The van der Waals surface area contributed by atoms with Gasteiger partial charge in [-0.05, 0) is 12.1 Å². The zero-order valence-electron chi connectivity index (χ0n) is 13.8. The SMILES string of the molecule is CC1(C)CNC(=O)C1Nc1ncnc2c1cnn2-c1ccccc1F. The maximum Gasteiger partial charge on any atom is 0.243 e. The van der Waals surface area contributed by atoms with Crippen molar-refractivity contribution in [1.82, 2.24) is 25.1 Å². The number of nitrogens with one attached hydrogen (secondary N) is 2. The summed E-state index contributed by atoms with van der Waals surface area (Å²) in [4.78, 5) is 20.6. The largest absolute Gasteiger partial charge is 0.357 e. The smallest absolute Gasteiger partial charge is 0.243 e. The first-order chi connectivity index (χ1) is 12.0. The maximum absolute atomic E-state index is 14.1. The summed E-state index contributed by atoms with van der Waals surface area (Å²) in [5.74, 6) is 0.0397. The number of nitrogens with zero attached hydrogens (tertiary/aromatic N) is 4. The van der Waals surface area contributed by atoms with Crippen molar-refractivity contribution in [2.75, 3.05) is 11.9 Å². The van der Waals surface area contributed by atoms with Gasteiger partial charge in [-0.1, -0.05) is 26.0 Å². The number of carbonyl (C=O) groups is 1. The van der Waals surface area contributed by atoms with Crippen LogP contribution < -0.4 is 10.6 Å². The summed E-state index contributed by atoms with van der Waals surface area (Å²) in [6.45, 7) is 4.60. The molecule has 128 valence electrons. The molecule has 1 unspecified atom stereocenters. The van der Waals surface area contributed by atoms with Crippen molar-refractivity contribution in [2.45, 2.75) is 19.9 Å². The highest BCUT2D eigenvalue weighted by Crippen LogP contribution is 2.30. The Kier molecular flexibility index (Phi) is 3.41. The quantitative estimate of drug-likeness (QED) is 0.761. The van der Waals surface area contributed by atoms with E-state index in [0.29, 0.717) is 29.1 Å². The lowest BCUT2D eigenvalue weighted by Crippen LogP contribution is -2.38. The molecule has 0 radical (unpaired) electrons. The number of fused-ring (bicyclic) bond motifs is 1. The molecule has 1 saturated heterocycles. The van der Waals surface area contributed by atoms with Crippen LogP contribution in [0.3, 0.4) is 0 Å². The molecule has 0 bridgehead atoms. The second-order valence-corrected chi connectivity index (χ2v) is 6.75. The Morgan fingerprint density at radius 2 is 2.12 bits per heavy atom. The molecule has 25 heavy (non-hydrogen) atoms. The molecule has 1 aliphatic rings. The molecule has 0 saturated carbocycles. The number of halogens is 1. The van der Waals surface area contributed by atoms with Crippen LogP contribution in [0.4, 0.5) is 10.2 Å². The van der Waals surface area contributed by atoms with Crippen molar-refractivity contribution in [3.05, 3.63) is 42.6 Å². The number of amides is 1. The van der Waals surface area contributed by atoms with Gasteiger partial charge in [0.1, 0.15) is 29.7 Å². The summed E-state index contributed by atoms with van der Waals surface area (Å²) in [7, 11) is 0. The number of para-hydroxylation sites is 1. The molecule has 7 nitrogen and oxygen atoms in total. The Morgan fingerprint density at radius 1 is 1.32 bits per heavy atom. The average molecular weight is 340 g/mol. The fourth-order valence-electron chi connectivity index (χ4n) is 3.03. The van der Waals surface area contributed by atoms with Crippen LogP contribution >= 0.6 is 0 Å². The Balaban J connectivity index is 1.78. The van der Waals surface area contributed by atoms with Crippen molar-refractivity contribution in [3.8, 4) is 5.69 Å².